The fourth-order valence-corrected chi connectivity index (χ4v) is 3.16. The average molecular weight is 410 g/mol. The van der Waals surface area contributed by atoms with Gasteiger partial charge in [-0.3, -0.25) is 34.2 Å². The number of amides is 4. The SMILES string of the molecule is CNC(=O)c1ccc(CNC(=O)C(C)N2C(=O)c3cccc([N+](=O)[O-])c3C2=O)cc1. The molecule has 1 atom stereocenters. The Morgan fingerprint density at radius 3 is 2.37 bits per heavy atom. The molecule has 0 aliphatic carbocycles. The first-order valence-corrected chi connectivity index (χ1v) is 9.00. The Balaban J connectivity index is 1.71. The molecule has 10 nitrogen and oxygen atoms in total. The van der Waals surface area contributed by atoms with Gasteiger partial charge >= 0.3 is 0 Å². The largest absolute Gasteiger partial charge is 0.355 e. The fourth-order valence-electron chi connectivity index (χ4n) is 3.16. The summed E-state index contributed by atoms with van der Waals surface area (Å²) in [6.45, 7) is 1.48. The number of hydrogen-bond donors (Lipinski definition) is 2. The Morgan fingerprint density at radius 1 is 1.10 bits per heavy atom. The Bertz CT molecular complexity index is 1060. The van der Waals surface area contributed by atoms with Crippen LogP contribution < -0.4 is 10.6 Å². The maximum absolute atomic E-state index is 12.7. The first-order chi connectivity index (χ1) is 14.3. The molecule has 10 heteroatoms. The molecule has 0 fully saturated rings. The standard InChI is InChI=1S/C20H18N4O6/c1-11(17(25)22-10-12-6-8-13(9-7-12)18(26)21-2)23-19(27)14-4-3-5-15(24(29)30)16(14)20(23)28/h3-9,11H,10H2,1-2H3,(H,21,26)(H,22,25). The van der Waals surface area contributed by atoms with Crippen LogP contribution in [0.15, 0.2) is 42.5 Å². The zero-order valence-electron chi connectivity index (χ0n) is 16.2. The normalized spacial score (nSPS) is 13.6. The number of imide groups is 1. The van der Waals surface area contributed by atoms with E-state index in [1.165, 1.54) is 26.1 Å². The minimum atomic E-state index is -1.16. The molecule has 30 heavy (non-hydrogen) atoms. The van der Waals surface area contributed by atoms with Crippen LogP contribution in [0.2, 0.25) is 0 Å². The van der Waals surface area contributed by atoms with Crippen LogP contribution in [0.5, 0.6) is 0 Å². The highest BCUT2D eigenvalue weighted by atomic mass is 16.6. The van der Waals surface area contributed by atoms with E-state index in [0.717, 1.165) is 11.0 Å². The van der Waals surface area contributed by atoms with Crippen LogP contribution in [0.4, 0.5) is 5.69 Å². The molecule has 2 N–H and O–H groups in total. The van der Waals surface area contributed by atoms with Crippen molar-refractivity contribution in [2.45, 2.75) is 19.5 Å². The first-order valence-electron chi connectivity index (χ1n) is 9.00. The van der Waals surface area contributed by atoms with E-state index < -0.39 is 34.4 Å². The number of nitrogens with one attached hydrogen (secondary N) is 2. The summed E-state index contributed by atoms with van der Waals surface area (Å²) < 4.78 is 0. The molecule has 1 unspecified atom stereocenters. The summed E-state index contributed by atoms with van der Waals surface area (Å²) in [7, 11) is 1.52. The van der Waals surface area contributed by atoms with Crippen molar-refractivity contribution >= 4 is 29.3 Å². The topological polar surface area (TPSA) is 139 Å². The molecule has 0 aromatic heterocycles. The summed E-state index contributed by atoms with van der Waals surface area (Å²) in [5.41, 5.74) is 0.294. The number of carbonyl (C=O) groups is 4. The second-order valence-corrected chi connectivity index (χ2v) is 6.61. The van der Waals surface area contributed by atoms with Crippen molar-refractivity contribution in [1.29, 1.82) is 0 Å². The van der Waals surface area contributed by atoms with Crippen LogP contribution in [0.1, 0.15) is 43.6 Å². The molecule has 0 saturated carbocycles. The smallest absolute Gasteiger partial charge is 0.282 e. The quantitative estimate of drug-likeness (QED) is 0.418. The molecule has 2 aromatic rings. The van der Waals surface area contributed by atoms with Crippen LogP contribution in [-0.4, -0.2) is 46.5 Å². The van der Waals surface area contributed by atoms with Gasteiger partial charge in [0.05, 0.1) is 10.5 Å². The predicted octanol–water partition coefficient (Wildman–Crippen LogP) is 1.26. The summed E-state index contributed by atoms with van der Waals surface area (Å²) in [4.78, 5) is 60.5. The Kier molecular flexibility index (Phi) is 5.58. The zero-order valence-corrected chi connectivity index (χ0v) is 16.2. The number of hydrogen-bond acceptors (Lipinski definition) is 6. The number of nitrogens with zero attached hydrogens (tertiary/aromatic N) is 2. The number of fused-ring (bicyclic) bond motifs is 1. The van der Waals surface area contributed by atoms with Gasteiger partial charge in [-0.15, -0.1) is 0 Å². The van der Waals surface area contributed by atoms with Gasteiger partial charge in [0.2, 0.25) is 5.91 Å². The lowest BCUT2D eigenvalue weighted by molar-refractivity contribution is -0.385. The van der Waals surface area contributed by atoms with Gasteiger partial charge in [-0.1, -0.05) is 18.2 Å². The lowest BCUT2D eigenvalue weighted by Gasteiger charge is -2.21. The minimum Gasteiger partial charge on any atom is -0.355 e. The van der Waals surface area contributed by atoms with Gasteiger partial charge in [-0.2, -0.15) is 0 Å². The van der Waals surface area contributed by atoms with E-state index in [4.69, 9.17) is 0 Å². The summed E-state index contributed by atoms with van der Waals surface area (Å²) in [5.74, 6) is -2.46. The van der Waals surface area contributed by atoms with E-state index in [0.29, 0.717) is 11.1 Å². The van der Waals surface area contributed by atoms with E-state index in [9.17, 15) is 29.3 Å². The highest BCUT2D eigenvalue weighted by Gasteiger charge is 2.44. The fraction of sp³-hybridized carbons (Fsp3) is 0.200. The van der Waals surface area contributed by atoms with Crippen LogP contribution in [0.25, 0.3) is 0 Å². The van der Waals surface area contributed by atoms with Crippen molar-refractivity contribution < 1.29 is 24.1 Å². The van der Waals surface area contributed by atoms with Crippen LogP contribution in [0.3, 0.4) is 0 Å². The lowest BCUT2D eigenvalue weighted by atomic mass is 10.1. The van der Waals surface area contributed by atoms with E-state index in [-0.39, 0.29) is 23.6 Å². The summed E-state index contributed by atoms with van der Waals surface area (Å²) in [5, 5.41) is 16.3. The van der Waals surface area contributed by atoms with Gasteiger partial charge in [0.25, 0.3) is 23.4 Å². The van der Waals surface area contributed by atoms with Crippen molar-refractivity contribution in [3.63, 3.8) is 0 Å². The van der Waals surface area contributed by atoms with Crippen molar-refractivity contribution in [3.8, 4) is 0 Å². The Morgan fingerprint density at radius 2 is 1.77 bits per heavy atom. The molecule has 4 amide bonds. The van der Waals surface area contributed by atoms with Crippen LogP contribution >= 0.6 is 0 Å². The van der Waals surface area contributed by atoms with Gasteiger partial charge in [-0.05, 0) is 30.7 Å². The maximum atomic E-state index is 12.7. The zero-order chi connectivity index (χ0) is 22.0. The molecule has 1 heterocycles. The van der Waals surface area contributed by atoms with E-state index in [1.807, 2.05) is 0 Å². The van der Waals surface area contributed by atoms with Gasteiger partial charge in [0.15, 0.2) is 0 Å². The number of nitro benzene ring substituents is 1. The third kappa shape index (κ3) is 3.62. The van der Waals surface area contributed by atoms with Crippen molar-refractivity contribution in [3.05, 3.63) is 74.8 Å². The summed E-state index contributed by atoms with van der Waals surface area (Å²) in [6, 6.07) is 9.16. The molecule has 3 rings (SSSR count). The molecule has 0 spiro atoms. The molecule has 1 aliphatic heterocycles. The highest BCUT2D eigenvalue weighted by molar-refractivity contribution is 6.24. The molecule has 154 valence electrons. The molecule has 1 aliphatic rings. The number of rotatable bonds is 6. The van der Waals surface area contributed by atoms with Crippen molar-refractivity contribution in [1.82, 2.24) is 15.5 Å². The summed E-state index contributed by atoms with van der Waals surface area (Å²) in [6.07, 6.45) is 0. The first kappa shape index (κ1) is 20.6. The van der Waals surface area contributed by atoms with E-state index >= 15 is 0 Å². The third-order valence-corrected chi connectivity index (χ3v) is 4.80. The van der Waals surface area contributed by atoms with E-state index in [1.54, 1.807) is 24.3 Å². The van der Waals surface area contributed by atoms with Crippen molar-refractivity contribution in [2.24, 2.45) is 0 Å². The highest BCUT2D eigenvalue weighted by Crippen LogP contribution is 2.31. The number of benzene rings is 2. The van der Waals surface area contributed by atoms with Crippen LogP contribution in [0, 0.1) is 10.1 Å². The van der Waals surface area contributed by atoms with Gasteiger partial charge < -0.3 is 10.6 Å². The summed E-state index contributed by atoms with van der Waals surface area (Å²) >= 11 is 0. The van der Waals surface area contributed by atoms with Gasteiger partial charge in [0.1, 0.15) is 11.6 Å². The van der Waals surface area contributed by atoms with Crippen molar-refractivity contribution in [2.75, 3.05) is 7.05 Å². The maximum Gasteiger partial charge on any atom is 0.282 e. The Labute approximate surface area is 171 Å². The molecular formula is C20H18N4O6. The van der Waals surface area contributed by atoms with Gasteiger partial charge in [-0.25, -0.2) is 0 Å². The third-order valence-electron chi connectivity index (χ3n) is 4.80. The second-order valence-electron chi connectivity index (χ2n) is 6.61. The monoisotopic (exact) mass is 410 g/mol. The van der Waals surface area contributed by atoms with E-state index in [2.05, 4.69) is 10.6 Å². The lowest BCUT2D eigenvalue weighted by Crippen LogP contribution is -2.47. The average Bonchev–Trinajstić information content (AvgIpc) is 3.01. The predicted molar refractivity (Wildman–Crippen MR) is 105 cm³/mol. The molecule has 0 bridgehead atoms. The minimum absolute atomic E-state index is 0.0985. The van der Waals surface area contributed by atoms with Gasteiger partial charge in [0, 0.05) is 25.2 Å². The van der Waals surface area contributed by atoms with Crippen LogP contribution in [-0.2, 0) is 11.3 Å². The molecule has 0 saturated heterocycles. The number of nitro groups is 1. The molecular weight excluding hydrogens is 392 g/mol. The Hall–Kier alpha value is -4.08. The number of carbonyl (C=O) groups excluding carboxylic acids is 4. The molecule has 2 aromatic carbocycles. The second kappa shape index (κ2) is 8.11. The molecule has 0 radical (unpaired) electrons.